The first-order chi connectivity index (χ1) is 4.22. The fourth-order valence-electron chi connectivity index (χ4n) is 0.952. The zero-order valence-corrected chi connectivity index (χ0v) is 7.99. The lowest BCUT2D eigenvalue weighted by molar-refractivity contribution is 0.937. The molecule has 0 heterocycles. The quantitative estimate of drug-likeness (QED) is 0.530. The Morgan fingerprint density at radius 3 is 2.11 bits per heavy atom. The molecule has 0 spiro atoms. The molecule has 0 atom stereocenters. The van der Waals surface area contributed by atoms with Crippen LogP contribution >= 0.6 is 0 Å². The highest BCUT2D eigenvalue weighted by Crippen LogP contribution is 2.07. The Bertz CT molecular complexity index is 92.7. The van der Waals surface area contributed by atoms with E-state index in [1.165, 1.54) is 12.8 Å². The Balaban J connectivity index is 3.70. The molecule has 0 aliphatic carbocycles. The van der Waals surface area contributed by atoms with Gasteiger partial charge in [0, 0.05) is 0 Å². The molecule has 1 heteroatoms. The van der Waals surface area contributed by atoms with Gasteiger partial charge in [0.25, 0.3) is 0 Å². The van der Waals surface area contributed by atoms with E-state index >= 15 is 0 Å². The van der Waals surface area contributed by atoms with E-state index in [9.17, 15) is 0 Å². The minimum atomic E-state index is -0.125. The van der Waals surface area contributed by atoms with E-state index in [0.29, 0.717) is 0 Å². The van der Waals surface area contributed by atoms with E-state index in [2.05, 4.69) is 33.0 Å². The summed E-state index contributed by atoms with van der Waals surface area (Å²) in [4.78, 5) is 0. The van der Waals surface area contributed by atoms with Crippen LogP contribution in [0.15, 0.2) is 11.3 Å². The highest BCUT2D eigenvalue weighted by Gasteiger charge is 2.00. The van der Waals surface area contributed by atoms with Gasteiger partial charge in [-0.3, -0.25) is 0 Å². The maximum absolute atomic E-state index is 2.36. The molecule has 0 amide bonds. The van der Waals surface area contributed by atoms with E-state index < -0.39 is 0 Å². The normalized spacial score (nSPS) is 12.8. The highest BCUT2D eigenvalue weighted by molar-refractivity contribution is 6.63. The summed E-state index contributed by atoms with van der Waals surface area (Å²) in [6.07, 6.45) is 4.91. The van der Waals surface area contributed by atoms with Crippen LogP contribution < -0.4 is 0 Å². The molecule has 0 aromatic carbocycles. The van der Waals surface area contributed by atoms with Crippen LogP contribution in [0.1, 0.15) is 26.7 Å². The van der Waals surface area contributed by atoms with Gasteiger partial charge in [-0.25, -0.2) is 0 Å². The van der Waals surface area contributed by atoms with E-state index in [0.717, 1.165) is 0 Å². The van der Waals surface area contributed by atoms with Gasteiger partial charge in [0.2, 0.25) is 0 Å². The largest absolute Gasteiger partial charge is 0.0926 e. The zero-order chi connectivity index (χ0) is 7.28. The summed E-state index contributed by atoms with van der Waals surface area (Å²) in [5.74, 6) is 0. The second-order valence-electron chi connectivity index (χ2n) is 2.56. The molecule has 0 nitrogen and oxygen atoms in total. The standard InChI is InChI=1S/C8H17Si/c1-5-7-8(6-2)9(3)4/h6H,5,7H2,1-4H3. The lowest BCUT2D eigenvalue weighted by atomic mass is 10.3. The summed E-state index contributed by atoms with van der Waals surface area (Å²) in [6.45, 7) is 9.11. The minimum absolute atomic E-state index is 0.125. The Labute approximate surface area is 60.6 Å². The van der Waals surface area contributed by atoms with Gasteiger partial charge in [0.1, 0.15) is 0 Å². The molecule has 0 aromatic heterocycles. The van der Waals surface area contributed by atoms with Crippen LogP contribution in [0.5, 0.6) is 0 Å². The molecule has 0 saturated heterocycles. The van der Waals surface area contributed by atoms with E-state index in [-0.39, 0.29) is 8.80 Å². The van der Waals surface area contributed by atoms with Crippen molar-refractivity contribution < 1.29 is 0 Å². The van der Waals surface area contributed by atoms with Crippen LogP contribution in [0.4, 0.5) is 0 Å². The van der Waals surface area contributed by atoms with Crippen molar-refractivity contribution >= 4 is 8.80 Å². The van der Waals surface area contributed by atoms with Gasteiger partial charge in [-0.1, -0.05) is 37.7 Å². The van der Waals surface area contributed by atoms with Crippen molar-refractivity contribution in [1.82, 2.24) is 0 Å². The Hall–Kier alpha value is -0.0431. The van der Waals surface area contributed by atoms with E-state index in [1.54, 1.807) is 5.20 Å². The maximum atomic E-state index is 2.36. The molecule has 0 N–H and O–H groups in total. The molecule has 9 heavy (non-hydrogen) atoms. The average Bonchev–Trinajstić information content (AvgIpc) is 1.82. The summed E-state index contributed by atoms with van der Waals surface area (Å²) in [5, 5.41) is 1.70. The summed E-state index contributed by atoms with van der Waals surface area (Å²) < 4.78 is 0. The summed E-state index contributed by atoms with van der Waals surface area (Å²) in [6, 6.07) is 0. The highest BCUT2D eigenvalue weighted by atomic mass is 28.3. The molecule has 0 aliphatic heterocycles. The number of hydrogen-bond donors (Lipinski definition) is 0. The molecular weight excluding hydrogens is 124 g/mol. The summed E-state index contributed by atoms with van der Waals surface area (Å²) in [7, 11) is -0.125. The third-order valence-electron chi connectivity index (χ3n) is 1.51. The van der Waals surface area contributed by atoms with Crippen LogP contribution in [0.25, 0.3) is 0 Å². The molecule has 0 saturated carbocycles. The van der Waals surface area contributed by atoms with Crippen molar-refractivity contribution in [2.24, 2.45) is 0 Å². The molecule has 0 fully saturated rings. The SMILES string of the molecule is CC=C(CCC)[Si](C)C. The molecule has 0 bridgehead atoms. The number of hydrogen-bond acceptors (Lipinski definition) is 0. The third-order valence-corrected chi connectivity index (χ3v) is 3.33. The van der Waals surface area contributed by atoms with Crippen molar-refractivity contribution in [1.29, 1.82) is 0 Å². The first kappa shape index (κ1) is 8.96. The van der Waals surface area contributed by atoms with Crippen LogP contribution in [0.3, 0.4) is 0 Å². The second kappa shape index (κ2) is 4.80. The Morgan fingerprint density at radius 2 is 2.00 bits per heavy atom. The number of allylic oxidation sites excluding steroid dienone is 2. The van der Waals surface area contributed by atoms with E-state index in [4.69, 9.17) is 0 Å². The second-order valence-corrected chi connectivity index (χ2v) is 5.21. The monoisotopic (exact) mass is 141 g/mol. The average molecular weight is 141 g/mol. The van der Waals surface area contributed by atoms with Crippen LogP contribution in [0.2, 0.25) is 13.1 Å². The van der Waals surface area contributed by atoms with E-state index in [1.807, 2.05) is 0 Å². The fourth-order valence-corrected chi connectivity index (χ4v) is 2.28. The molecule has 0 aromatic rings. The molecule has 0 rings (SSSR count). The lowest BCUT2D eigenvalue weighted by Gasteiger charge is -2.06. The Morgan fingerprint density at radius 1 is 1.44 bits per heavy atom. The van der Waals surface area contributed by atoms with Gasteiger partial charge in [-0.2, -0.15) is 0 Å². The molecule has 1 radical (unpaired) electrons. The van der Waals surface area contributed by atoms with Crippen LogP contribution in [-0.2, 0) is 0 Å². The first-order valence-corrected chi connectivity index (χ1v) is 6.18. The van der Waals surface area contributed by atoms with Gasteiger partial charge in [-0.05, 0) is 13.3 Å². The predicted octanol–water partition coefficient (Wildman–Crippen LogP) is 3.03. The van der Waals surface area contributed by atoms with Gasteiger partial charge in [0.05, 0.1) is 8.80 Å². The Kier molecular flexibility index (Phi) is 4.78. The zero-order valence-electron chi connectivity index (χ0n) is 6.99. The van der Waals surface area contributed by atoms with Crippen LogP contribution in [-0.4, -0.2) is 8.80 Å². The molecular formula is C8H17Si. The smallest absolute Gasteiger partial charge is 0.0732 e. The van der Waals surface area contributed by atoms with Crippen molar-refractivity contribution in [2.45, 2.75) is 39.8 Å². The van der Waals surface area contributed by atoms with Crippen molar-refractivity contribution in [3.05, 3.63) is 11.3 Å². The first-order valence-electron chi connectivity index (χ1n) is 3.68. The third kappa shape index (κ3) is 3.52. The maximum Gasteiger partial charge on any atom is 0.0732 e. The minimum Gasteiger partial charge on any atom is -0.0926 e. The van der Waals surface area contributed by atoms with Crippen LogP contribution in [0, 0.1) is 0 Å². The van der Waals surface area contributed by atoms with Crippen molar-refractivity contribution in [3.63, 3.8) is 0 Å². The topological polar surface area (TPSA) is 0 Å². The lowest BCUT2D eigenvalue weighted by Crippen LogP contribution is -2.04. The molecule has 0 aliphatic rings. The van der Waals surface area contributed by atoms with Crippen molar-refractivity contribution in [2.75, 3.05) is 0 Å². The fraction of sp³-hybridized carbons (Fsp3) is 0.750. The summed E-state index contributed by atoms with van der Waals surface area (Å²) >= 11 is 0. The van der Waals surface area contributed by atoms with Gasteiger partial charge < -0.3 is 0 Å². The predicted molar refractivity (Wildman–Crippen MR) is 46.1 cm³/mol. The summed E-state index contributed by atoms with van der Waals surface area (Å²) in [5.41, 5.74) is 0. The molecule has 0 unspecified atom stereocenters. The van der Waals surface area contributed by atoms with Crippen molar-refractivity contribution in [3.8, 4) is 0 Å². The molecule has 53 valence electrons. The number of rotatable bonds is 3. The van der Waals surface area contributed by atoms with Gasteiger partial charge in [0.15, 0.2) is 0 Å². The van der Waals surface area contributed by atoms with Gasteiger partial charge in [-0.15, -0.1) is 0 Å². The van der Waals surface area contributed by atoms with Gasteiger partial charge >= 0.3 is 0 Å².